The summed E-state index contributed by atoms with van der Waals surface area (Å²) in [6.45, 7) is 5.69. The van der Waals surface area contributed by atoms with Gasteiger partial charge in [-0.15, -0.1) is 0 Å². The van der Waals surface area contributed by atoms with Gasteiger partial charge in [0, 0.05) is 11.8 Å². The second-order valence-corrected chi connectivity index (χ2v) is 8.76. The minimum absolute atomic E-state index is 0.0688. The topological polar surface area (TPSA) is 158 Å². The molecule has 194 valence electrons. The second-order valence-electron chi connectivity index (χ2n) is 7.90. The van der Waals surface area contributed by atoms with Crippen LogP contribution in [0.5, 0.6) is 17.2 Å². The Balaban J connectivity index is 1.99. The Morgan fingerprint density at radius 1 is 1.11 bits per heavy atom. The number of nitriles is 1. The molecular weight excluding hydrogens is 560 g/mol. The largest absolute Gasteiger partial charge is 0.490 e. The summed E-state index contributed by atoms with van der Waals surface area (Å²) < 4.78 is 11.7. The maximum Gasteiger partial charge on any atom is 0.318 e. The van der Waals surface area contributed by atoms with E-state index in [-0.39, 0.29) is 29.4 Å². The Bertz CT molecular complexity index is 1510. The van der Waals surface area contributed by atoms with Gasteiger partial charge in [0.05, 0.1) is 27.0 Å². The number of hydrogen-bond acceptors (Lipinski definition) is 8. The highest BCUT2D eigenvalue weighted by Crippen LogP contribution is 2.43. The van der Waals surface area contributed by atoms with Gasteiger partial charge in [0.15, 0.2) is 11.5 Å². The van der Waals surface area contributed by atoms with Gasteiger partial charge in [-0.25, -0.2) is 0 Å². The lowest BCUT2D eigenvalue weighted by Crippen LogP contribution is -2.14. The summed E-state index contributed by atoms with van der Waals surface area (Å²) in [5.41, 5.74) is 1.63. The number of rotatable bonds is 9. The van der Waals surface area contributed by atoms with E-state index in [2.05, 4.69) is 21.2 Å². The average molecular weight is 581 g/mol. The molecule has 12 heteroatoms. The number of benzene rings is 3. The average Bonchev–Trinajstić information content (AvgIpc) is 2.87. The number of non-ortho nitro benzene ring substituents is 1. The minimum Gasteiger partial charge on any atom is -0.490 e. The van der Waals surface area contributed by atoms with Crippen molar-refractivity contribution in [2.75, 3.05) is 11.9 Å². The van der Waals surface area contributed by atoms with E-state index in [9.17, 15) is 30.3 Å². The lowest BCUT2D eigenvalue weighted by Gasteiger charge is -2.15. The number of nitro benzene ring substituents is 2. The molecule has 0 spiro atoms. The third kappa shape index (κ3) is 6.32. The fraction of sp³-hybridized carbons (Fsp3) is 0.154. The van der Waals surface area contributed by atoms with Crippen LogP contribution >= 0.6 is 15.9 Å². The maximum absolute atomic E-state index is 12.8. The second kappa shape index (κ2) is 12.0. The number of carbonyl (C=O) groups excluding carboxylic acids is 1. The van der Waals surface area contributed by atoms with Crippen LogP contribution in [0.4, 0.5) is 17.1 Å². The monoisotopic (exact) mass is 580 g/mol. The fourth-order valence-electron chi connectivity index (χ4n) is 3.38. The van der Waals surface area contributed by atoms with E-state index >= 15 is 0 Å². The molecule has 0 radical (unpaired) electrons. The zero-order valence-corrected chi connectivity index (χ0v) is 22.1. The molecular formula is C26H21BrN4O7. The summed E-state index contributed by atoms with van der Waals surface area (Å²) in [4.78, 5) is 33.8. The molecule has 0 aliphatic rings. The van der Waals surface area contributed by atoms with Crippen molar-refractivity contribution < 1.29 is 24.1 Å². The molecule has 0 saturated carbocycles. The highest BCUT2D eigenvalue weighted by Gasteiger charge is 2.24. The summed E-state index contributed by atoms with van der Waals surface area (Å²) >= 11 is 3.35. The van der Waals surface area contributed by atoms with E-state index < -0.39 is 27.1 Å². The molecule has 0 bridgehead atoms. The molecule has 1 amide bonds. The molecule has 11 nitrogen and oxygen atoms in total. The molecule has 0 aliphatic heterocycles. The van der Waals surface area contributed by atoms with Gasteiger partial charge in [0.1, 0.15) is 11.6 Å². The van der Waals surface area contributed by atoms with Gasteiger partial charge in [-0.1, -0.05) is 12.1 Å². The van der Waals surface area contributed by atoms with Crippen molar-refractivity contribution in [1.82, 2.24) is 0 Å². The van der Waals surface area contributed by atoms with E-state index in [1.54, 1.807) is 19.1 Å². The van der Waals surface area contributed by atoms with Crippen LogP contribution in [0, 0.1) is 45.4 Å². The summed E-state index contributed by atoms with van der Waals surface area (Å²) in [7, 11) is 0. The Labute approximate surface area is 225 Å². The Morgan fingerprint density at radius 2 is 1.84 bits per heavy atom. The van der Waals surface area contributed by atoms with Crippen LogP contribution in [0.2, 0.25) is 0 Å². The lowest BCUT2D eigenvalue weighted by atomic mass is 10.1. The third-order valence-corrected chi connectivity index (χ3v) is 6.01. The van der Waals surface area contributed by atoms with Crippen molar-refractivity contribution in [2.45, 2.75) is 20.8 Å². The smallest absolute Gasteiger partial charge is 0.318 e. The molecule has 0 unspecified atom stereocenters. The first-order chi connectivity index (χ1) is 18.0. The zero-order chi connectivity index (χ0) is 28.0. The number of nitrogens with one attached hydrogen (secondary N) is 1. The summed E-state index contributed by atoms with van der Waals surface area (Å²) in [5.74, 6) is -0.611. The van der Waals surface area contributed by atoms with Crippen LogP contribution in [0.15, 0.2) is 58.6 Å². The van der Waals surface area contributed by atoms with Crippen LogP contribution < -0.4 is 14.8 Å². The van der Waals surface area contributed by atoms with Gasteiger partial charge in [0.25, 0.3) is 11.6 Å². The molecule has 3 aromatic carbocycles. The summed E-state index contributed by atoms with van der Waals surface area (Å²) in [6, 6.07) is 13.4. The van der Waals surface area contributed by atoms with E-state index in [1.165, 1.54) is 18.2 Å². The molecule has 0 heterocycles. The van der Waals surface area contributed by atoms with Crippen molar-refractivity contribution in [3.63, 3.8) is 0 Å². The molecule has 0 aliphatic carbocycles. The number of anilines is 1. The van der Waals surface area contributed by atoms with Crippen molar-refractivity contribution >= 4 is 45.0 Å². The third-order valence-electron chi connectivity index (χ3n) is 5.42. The number of nitrogens with zero attached hydrogens (tertiary/aromatic N) is 3. The van der Waals surface area contributed by atoms with Gasteiger partial charge in [-0.2, -0.15) is 5.26 Å². The van der Waals surface area contributed by atoms with E-state index in [0.29, 0.717) is 15.7 Å². The predicted molar refractivity (Wildman–Crippen MR) is 143 cm³/mol. The highest BCUT2D eigenvalue weighted by molar-refractivity contribution is 9.10. The normalized spacial score (nSPS) is 10.9. The lowest BCUT2D eigenvalue weighted by molar-refractivity contribution is -0.394. The molecule has 0 fully saturated rings. The van der Waals surface area contributed by atoms with Crippen LogP contribution in [-0.4, -0.2) is 22.4 Å². The quantitative estimate of drug-likeness (QED) is 0.128. The SMILES string of the molecule is CCOc1cc(/C=C(\C#N)C(=O)Nc2cccc(C)c2C)cc(Br)c1Oc1ccc([N+](=O)[O-])cc1[N+](=O)[O-]. The summed E-state index contributed by atoms with van der Waals surface area (Å²) in [6.07, 6.45) is 1.37. The number of halogens is 1. The van der Waals surface area contributed by atoms with Crippen molar-refractivity contribution in [3.8, 4) is 23.3 Å². The Morgan fingerprint density at radius 3 is 2.47 bits per heavy atom. The first kappa shape index (κ1) is 27.8. The number of amides is 1. The van der Waals surface area contributed by atoms with Crippen LogP contribution in [0.3, 0.4) is 0 Å². The maximum atomic E-state index is 12.8. The van der Waals surface area contributed by atoms with E-state index in [1.807, 2.05) is 26.0 Å². The van der Waals surface area contributed by atoms with Crippen LogP contribution in [-0.2, 0) is 4.79 Å². The van der Waals surface area contributed by atoms with Crippen molar-refractivity contribution in [3.05, 3.63) is 95.5 Å². The Hall–Kier alpha value is -4.76. The predicted octanol–water partition coefficient (Wildman–Crippen LogP) is 6.62. The highest BCUT2D eigenvalue weighted by atomic mass is 79.9. The van der Waals surface area contributed by atoms with Crippen LogP contribution in [0.25, 0.3) is 6.08 Å². The van der Waals surface area contributed by atoms with Gasteiger partial charge in [-0.05, 0) is 83.7 Å². The van der Waals surface area contributed by atoms with E-state index in [4.69, 9.17) is 9.47 Å². The number of hydrogen-bond donors (Lipinski definition) is 1. The van der Waals surface area contributed by atoms with Gasteiger partial charge < -0.3 is 14.8 Å². The standard InChI is InChI=1S/C26H21BrN4O7/c1-4-37-24-12-17(10-18(14-28)26(32)29-21-7-5-6-15(2)16(21)3)11-20(27)25(24)38-23-9-8-19(30(33)34)13-22(23)31(35)36/h5-13H,4H2,1-3H3,(H,29,32)/b18-10+. The van der Waals surface area contributed by atoms with Crippen LogP contribution in [0.1, 0.15) is 23.6 Å². The molecule has 3 aromatic rings. The first-order valence-corrected chi connectivity index (χ1v) is 11.9. The molecule has 3 rings (SSSR count). The number of aryl methyl sites for hydroxylation is 1. The number of nitro groups is 2. The molecule has 0 saturated heterocycles. The Kier molecular flexibility index (Phi) is 8.77. The van der Waals surface area contributed by atoms with Crippen molar-refractivity contribution in [1.29, 1.82) is 5.26 Å². The van der Waals surface area contributed by atoms with Gasteiger partial charge in [-0.3, -0.25) is 25.0 Å². The minimum atomic E-state index is -0.790. The van der Waals surface area contributed by atoms with Gasteiger partial charge in [0.2, 0.25) is 5.75 Å². The molecule has 0 aromatic heterocycles. The van der Waals surface area contributed by atoms with Crippen molar-refractivity contribution in [2.24, 2.45) is 0 Å². The molecule has 0 atom stereocenters. The summed E-state index contributed by atoms with van der Waals surface area (Å²) in [5, 5.41) is 34.9. The number of ether oxygens (including phenoxy) is 2. The zero-order valence-electron chi connectivity index (χ0n) is 20.5. The van der Waals surface area contributed by atoms with E-state index in [0.717, 1.165) is 29.3 Å². The molecule has 1 N–H and O–H groups in total. The first-order valence-electron chi connectivity index (χ1n) is 11.1. The molecule has 38 heavy (non-hydrogen) atoms. The van der Waals surface area contributed by atoms with Gasteiger partial charge >= 0.3 is 5.69 Å². The fourth-order valence-corrected chi connectivity index (χ4v) is 3.92. The number of carbonyl (C=O) groups is 1.